The van der Waals surface area contributed by atoms with E-state index in [1.54, 1.807) is 15.6 Å². The fourth-order valence-electron chi connectivity index (χ4n) is 4.46. The van der Waals surface area contributed by atoms with Gasteiger partial charge < -0.3 is 14.4 Å². The Hall–Kier alpha value is -2.10. The first-order chi connectivity index (χ1) is 17.0. The molecule has 0 radical (unpaired) electrons. The number of hydrogen-bond donors (Lipinski definition) is 0. The van der Waals surface area contributed by atoms with E-state index in [-0.39, 0.29) is 17.3 Å². The highest BCUT2D eigenvalue weighted by atomic mass is 32.2. The van der Waals surface area contributed by atoms with Gasteiger partial charge >= 0.3 is 0 Å². The molecule has 0 saturated carbocycles. The van der Waals surface area contributed by atoms with Crippen LogP contribution < -0.4 is 4.74 Å². The van der Waals surface area contributed by atoms with Gasteiger partial charge in [-0.1, -0.05) is 51.2 Å². The standard InChI is InChI=1S/C27H39N3O4S2/c1-6-17-36(31,32)30-15-9-21(10-16-30)22-7-8-24-25(18-22)35-26(28-24)34-23-11-13-29(14-12-23)20(2)33-19-27(3,4)5/h7-9,18,23H,2,6,10-17,19H2,1,3-5H3. The summed E-state index contributed by atoms with van der Waals surface area (Å²) < 4.78 is 39.5. The van der Waals surface area contributed by atoms with Crippen LogP contribution in [0.3, 0.4) is 0 Å². The molecule has 1 aromatic heterocycles. The zero-order valence-electron chi connectivity index (χ0n) is 22.0. The predicted molar refractivity (Wildman–Crippen MR) is 148 cm³/mol. The number of fused-ring (bicyclic) bond motifs is 1. The minimum Gasteiger partial charge on any atom is -0.479 e. The molecular weight excluding hydrogens is 494 g/mol. The lowest BCUT2D eigenvalue weighted by atomic mass is 9.99. The maximum atomic E-state index is 12.3. The molecule has 7 nitrogen and oxygen atoms in total. The van der Waals surface area contributed by atoms with Crippen molar-refractivity contribution in [2.24, 2.45) is 5.41 Å². The molecule has 2 aliphatic heterocycles. The molecule has 3 heterocycles. The fourth-order valence-corrected chi connectivity index (χ4v) is 6.83. The lowest BCUT2D eigenvalue weighted by molar-refractivity contribution is 0.0372. The zero-order chi connectivity index (χ0) is 25.9. The molecule has 198 valence electrons. The summed E-state index contributed by atoms with van der Waals surface area (Å²) in [6.45, 7) is 15.8. The second-order valence-corrected chi connectivity index (χ2v) is 13.9. The van der Waals surface area contributed by atoms with Crippen LogP contribution in [0.2, 0.25) is 0 Å². The van der Waals surface area contributed by atoms with E-state index in [1.165, 1.54) is 5.57 Å². The first-order valence-corrected chi connectivity index (χ1v) is 15.3. The minimum absolute atomic E-state index is 0.111. The third kappa shape index (κ3) is 6.81. The molecule has 1 aromatic carbocycles. The van der Waals surface area contributed by atoms with Gasteiger partial charge in [0.25, 0.3) is 5.19 Å². The van der Waals surface area contributed by atoms with Crippen molar-refractivity contribution in [3.05, 3.63) is 42.3 Å². The Labute approximate surface area is 219 Å². The van der Waals surface area contributed by atoms with Gasteiger partial charge in [0.15, 0.2) is 5.88 Å². The quantitative estimate of drug-likeness (QED) is 0.396. The second-order valence-electron chi connectivity index (χ2n) is 10.9. The minimum atomic E-state index is -3.15. The van der Waals surface area contributed by atoms with E-state index in [1.807, 2.05) is 19.1 Å². The maximum Gasteiger partial charge on any atom is 0.274 e. The SMILES string of the molecule is C=C(OCC(C)(C)C)N1CCC(Oc2nc3ccc(C4=CCN(S(=O)(=O)CCC)CC4)cc3s2)CC1. The van der Waals surface area contributed by atoms with Gasteiger partial charge in [0, 0.05) is 39.0 Å². The van der Waals surface area contributed by atoms with Gasteiger partial charge in [-0.25, -0.2) is 13.4 Å². The molecule has 0 amide bonds. The maximum absolute atomic E-state index is 12.3. The molecular formula is C27H39N3O4S2. The van der Waals surface area contributed by atoms with Gasteiger partial charge in [-0.05, 0) is 48.1 Å². The van der Waals surface area contributed by atoms with Gasteiger partial charge in [0.1, 0.15) is 6.10 Å². The van der Waals surface area contributed by atoms with Crippen molar-refractivity contribution in [3.8, 4) is 5.19 Å². The summed E-state index contributed by atoms with van der Waals surface area (Å²) in [4.78, 5) is 6.90. The number of sulfonamides is 1. The van der Waals surface area contributed by atoms with Crippen LogP contribution in [-0.2, 0) is 14.8 Å². The van der Waals surface area contributed by atoms with E-state index in [4.69, 9.17) is 14.5 Å². The number of nitrogens with zero attached hydrogens (tertiary/aromatic N) is 3. The van der Waals surface area contributed by atoms with Gasteiger partial charge in [-0.15, -0.1) is 0 Å². The fraction of sp³-hybridized carbons (Fsp3) is 0.593. The molecule has 0 bridgehead atoms. The van der Waals surface area contributed by atoms with Gasteiger partial charge in [0.05, 0.1) is 22.6 Å². The first kappa shape index (κ1) is 26.9. The van der Waals surface area contributed by atoms with Crippen molar-refractivity contribution in [2.75, 3.05) is 38.5 Å². The van der Waals surface area contributed by atoms with Crippen LogP contribution in [0.5, 0.6) is 5.19 Å². The number of rotatable bonds is 9. The second kappa shape index (κ2) is 11.1. The molecule has 0 atom stereocenters. The number of thiazole rings is 1. The van der Waals surface area contributed by atoms with Crippen molar-refractivity contribution in [1.82, 2.24) is 14.2 Å². The molecule has 9 heteroatoms. The summed E-state index contributed by atoms with van der Waals surface area (Å²) in [6.07, 6.45) is 5.35. The van der Waals surface area contributed by atoms with E-state index < -0.39 is 10.0 Å². The van der Waals surface area contributed by atoms with Gasteiger partial charge in [-0.2, -0.15) is 4.31 Å². The van der Waals surface area contributed by atoms with Crippen LogP contribution in [0.1, 0.15) is 58.9 Å². The van der Waals surface area contributed by atoms with Crippen molar-refractivity contribution in [2.45, 2.75) is 59.5 Å². The average molecular weight is 534 g/mol. The summed E-state index contributed by atoms with van der Waals surface area (Å²) in [5, 5.41) is 0.706. The third-order valence-corrected chi connectivity index (χ3v) is 9.45. The highest BCUT2D eigenvalue weighted by Crippen LogP contribution is 2.33. The molecule has 1 fully saturated rings. The number of likely N-dealkylation sites (tertiary alicyclic amines) is 1. The first-order valence-electron chi connectivity index (χ1n) is 12.9. The number of ether oxygens (including phenoxy) is 2. The van der Waals surface area contributed by atoms with Crippen molar-refractivity contribution >= 4 is 37.1 Å². The molecule has 1 saturated heterocycles. The van der Waals surface area contributed by atoms with Crippen molar-refractivity contribution in [3.63, 3.8) is 0 Å². The third-order valence-electron chi connectivity index (χ3n) is 6.50. The zero-order valence-corrected chi connectivity index (χ0v) is 23.6. The van der Waals surface area contributed by atoms with Gasteiger partial charge in [-0.3, -0.25) is 0 Å². The number of hydrogen-bond acceptors (Lipinski definition) is 7. The Balaban J connectivity index is 1.33. The predicted octanol–water partition coefficient (Wildman–Crippen LogP) is 5.50. The van der Waals surface area contributed by atoms with Crippen LogP contribution >= 0.6 is 11.3 Å². The van der Waals surface area contributed by atoms with Crippen LogP contribution in [0.25, 0.3) is 15.8 Å². The van der Waals surface area contributed by atoms with E-state index in [9.17, 15) is 8.42 Å². The van der Waals surface area contributed by atoms with E-state index >= 15 is 0 Å². The Morgan fingerprint density at radius 3 is 2.61 bits per heavy atom. The van der Waals surface area contributed by atoms with E-state index in [2.05, 4.69) is 44.4 Å². The Kier molecular flexibility index (Phi) is 8.32. The van der Waals surface area contributed by atoms with Crippen LogP contribution in [-0.4, -0.2) is 67.2 Å². The Bertz CT molecular complexity index is 1210. The van der Waals surface area contributed by atoms with E-state index in [0.29, 0.717) is 31.3 Å². The lowest BCUT2D eigenvalue weighted by Crippen LogP contribution is -2.38. The van der Waals surface area contributed by atoms with Crippen molar-refractivity contribution < 1.29 is 17.9 Å². The smallest absolute Gasteiger partial charge is 0.274 e. The summed E-state index contributed by atoms with van der Waals surface area (Å²) in [6, 6.07) is 6.27. The van der Waals surface area contributed by atoms with Crippen molar-refractivity contribution in [1.29, 1.82) is 0 Å². The average Bonchev–Trinajstić information content (AvgIpc) is 3.24. The molecule has 0 N–H and O–H groups in total. The topological polar surface area (TPSA) is 72.0 Å². The van der Waals surface area contributed by atoms with E-state index in [0.717, 1.165) is 54.0 Å². The normalized spacial score (nSPS) is 18.3. The Morgan fingerprint density at radius 1 is 1.22 bits per heavy atom. The molecule has 36 heavy (non-hydrogen) atoms. The molecule has 0 unspecified atom stereocenters. The number of aromatic nitrogens is 1. The summed E-state index contributed by atoms with van der Waals surface area (Å²) in [7, 11) is -3.15. The largest absolute Gasteiger partial charge is 0.479 e. The summed E-state index contributed by atoms with van der Waals surface area (Å²) in [5.74, 6) is 0.962. The van der Waals surface area contributed by atoms with Crippen LogP contribution in [0.15, 0.2) is 36.7 Å². The lowest BCUT2D eigenvalue weighted by Gasteiger charge is -2.34. The summed E-state index contributed by atoms with van der Waals surface area (Å²) in [5.41, 5.74) is 3.37. The van der Waals surface area contributed by atoms with Crippen LogP contribution in [0.4, 0.5) is 0 Å². The number of benzene rings is 1. The number of piperidine rings is 1. The van der Waals surface area contributed by atoms with Crippen LogP contribution in [0, 0.1) is 5.41 Å². The molecule has 2 aliphatic rings. The highest BCUT2D eigenvalue weighted by Gasteiger charge is 2.25. The monoisotopic (exact) mass is 533 g/mol. The highest BCUT2D eigenvalue weighted by molar-refractivity contribution is 7.89. The Morgan fingerprint density at radius 2 is 1.97 bits per heavy atom. The summed E-state index contributed by atoms with van der Waals surface area (Å²) >= 11 is 1.58. The molecule has 0 aliphatic carbocycles. The molecule has 0 spiro atoms. The molecule has 2 aromatic rings. The van der Waals surface area contributed by atoms with Gasteiger partial charge in [0.2, 0.25) is 10.0 Å². The molecule has 4 rings (SSSR count).